The lowest BCUT2D eigenvalue weighted by molar-refractivity contribution is -0.136. The minimum Gasteiger partial charge on any atom is -0.481 e. The maximum absolute atomic E-state index is 10.7. The molecule has 0 aliphatic carbocycles. The first kappa shape index (κ1) is 13.1. The summed E-state index contributed by atoms with van der Waals surface area (Å²) in [5, 5.41) is 9.19. The highest BCUT2D eigenvalue weighted by Crippen LogP contribution is 2.20. The van der Waals surface area contributed by atoms with Gasteiger partial charge >= 0.3 is 5.97 Å². The molecule has 0 spiro atoms. The van der Waals surface area contributed by atoms with Gasteiger partial charge in [0.2, 0.25) is 0 Å². The maximum Gasteiger partial charge on any atom is 0.307 e. The molecule has 0 saturated carbocycles. The smallest absolute Gasteiger partial charge is 0.307 e. The molecule has 1 rings (SSSR count). The zero-order valence-electron chi connectivity index (χ0n) is 9.35. The molecule has 88 valence electrons. The van der Waals surface area contributed by atoms with E-state index in [1.807, 2.05) is 24.3 Å². The zero-order valence-corrected chi connectivity index (χ0v) is 10.2. The second kappa shape index (κ2) is 6.55. The molecule has 1 aromatic rings. The Hall–Kier alpha value is -1.00. The predicted octanol–water partition coefficient (Wildman–Crippen LogP) is 1.89. The molecule has 0 amide bonds. The van der Waals surface area contributed by atoms with Gasteiger partial charge in [-0.05, 0) is 11.1 Å². The summed E-state index contributed by atoms with van der Waals surface area (Å²) in [6.07, 6.45) is 0.0910. The summed E-state index contributed by atoms with van der Waals surface area (Å²) in [6.45, 7) is 2.72. The Labute approximate surface area is 100 Å². The van der Waals surface area contributed by atoms with Crippen molar-refractivity contribution in [2.45, 2.75) is 24.3 Å². The van der Waals surface area contributed by atoms with E-state index in [1.165, 1.54) is 0 Å². The first-order valence-electron chi connectivity index (χ1n) is 5.23. The molecule has 1 unspecified atom stereocenters. The van der Waals surface area contributed by atoms with Crippen LogP contribution in [0.15, 0.2) is 24.3 Å². The quantitative estimate of drug-likeness (QED) is 0.795. The zero-order chi connectivity index (χ0) is 12.0. The number of carboxylic acids is 1. The molecule has 16 heavy (non-hydrogen) atoms. The summed E-state index contributed by atoms with van der Waals surface area (Å²) in [6, 6.07) is 7.67. The largest absolute Gasteiger partial charge is 0.481 e. The average Bonchev–Trinajstić information content (AvgIpc) is 2.26. The first-order valence-corrected chi connectivity index (χ1v) is 6.28. The number of benzene rings is 1. The Bertz CT molecular complexity index is 355. The molecule has 0 saturated heterocycles. The van der Waals surface area contributed by atoms with Crippen molar-refractivity contribution >= 4 is 17.7 Å². The van der Waals surface area contributed by atoms with Gasteiger partial charge in [0.1, 0.15) is 0 Å². The summed E-state index contributed by atoms with van der Waals surface area (Å²) in [5.74, 6) is 0.0336. The number of aliphatic carboxylic acids is 1. The third kappa shape index (κ3) is 4.24. The van der Waals surface area contributed by atoms with E-state index in [1.54, 1.807) is 11.8 Å². The number of rotatable bonds is 6. The maximum atomic E-state index is 10.7. The summed E-state index contributed by atoms with van der Waals surface area (Å²) >= 11 is 1.75. The van der Waals surface area contributed by atoms with Crippen LogP contribution in [-0.4, -0.2) is 22.9 Å². The SMILES string of the molecule is CC(CN)SCc1ccccc1CC(=O)O. The molecule has 0 aromatic heterocycles. The highest BCUT2D eigenvalue weighted by molar-refractivity contribution is 7.99. The van der Waals surface area contributed by atoms with Crippen LogP contribution in [0, 0.1) is 0 Å². The van der Waals surface area contributed by atoms with Crippen LogP contribution in [0.1, 0.15) is 18.1 Å². The highest BCUT2D eigenvalue weighted by atomic mass is 32.2. The second-order valence-corrected chi connectivity index (χ2v) is 5.12. The number of carbonyl (C=O) groups is 1. The molecule has 4 heteroatoms. The van der Waals surface area contributed by atoms with Crippen molar-refractivity contribution in [1.29, 1.82) is 0 Å². The minimum absolute atomic E-state index is 0.0910. The van der Waals surface area contributed by atoms with Crippen molar-refractivity contribution in [3.05, 3.63) is 35.4 Å². The molecule has 0 aliphatic rings. The van der Waals surface area contributed by atoms with Crippen molar-refractivity contribution in [2.75, 3.05) is 6.54 Å². The van der Waals surface area contributed by atoms with E-state index in [0.717, 1.165) is 16.9 Å². The van der Waals surface area contributed by atoms with E-state index in [4.69, 9.17) is 10.8 Å². The Morgan fingerprint density at radius 2 is 2.06 bits per heavy atom. The second-order valence-electron chi connectivity index (χ2n) is 3.70. The van der Waals surface area contributed by atoms with Gasteiger partial charge < -0.3 is 10.8 Å². The van der Waals surface area contributed by atoms with Gasteiger partial charge in [-0.3, -0.25) is 4.79 Å². The fourth-order valence-electron chi connectivity index (χ4n) is 1.33. The molecule has 3 nitrogen and oxygen atoms in total. The van der Waals surface area contributed by atoms with Gasteiger partial charge in [0.25, 0.3) is 0 Å². The van der Waals surface area contributed by atoms with Gasteiger partial charge in [0, 0.05) is 17.5 Å². The number of thioether (sulfide) groups is 1. The van der Waals surface area contributed by atoms with Crippen molar-refractivity contribution in [3.8, 4) is 0 Å². The summed E-state index contributed by atoms with van der Waals surface area (Å²) in [5.41, 5.74) is 7.53. The Kier molecular flexibility index (Phi) is 5.35. The van der Waals surface area contributed by atoms with E-state index in [-0.39, 0.29) is 6.42 Å². The third-order valence-electron chi connectivity index (χ3n) is 2.32. The predicted molar refractivity (Wildman–Crippen MR) is 67.6 cm³/mol. The van der Waals surface area contributed by atoms with Crippen molar-refractivity contribution in [3.63, 3.8) is 0 Å². The van der Waals surface area contributed by atoms with E-state index in [9.17, 15) is 4.79 Å². The summed E-state index contributed by atoms with van der Waals surface area (Å²) < 4.78 is 0. The third-order valence-corrected chi connectivity index (χ3v) is 3.55. The van der Waals surface area contributed by atoms with Crippen LogP contribution in [0.4, 0.5) is 0 Å². The topological polar surface area (TPSA) is 63.3 Å². The molecule has 1 aromatic carbocycles. The Balaban J connectivity index is 2.67. The fourth-order valence-corrected chi connectivity index (χ4v) is 2.22. The van der Waals surface area contributed by atoms with Gasteiger partial charge in [0.15, 0.2) is 0 Å². The van der Waals surface area contributed by atoms with Crippen LogP contribution in [0.3, 0.4) is 0 Å². The summed E-state index contributed by atoms with van der Waals surface area (Å²) in [4.78, 5) is 10.7. The monoisotopic (exact) mass is 239 g/mol. The van der Waals surface area contributed by atoms with E-state index in [2.05, 4.69) is 6.92 Å². The molecular formula is C12H17NO2S. The average molecular weight is 239 g/mol. The number of hydrogen-bond acceptors (Lipinski definition) is 3. The minimum atomic E-state index is -0.788. The van der Waals surface area contributed by atoms with Crippen LogP contribution in [0.2, 0.25) is 0 Å². The molecule has 0 radical (unpaired) electrons. The lowest BCUT2D eigenvalue weighted by Crippen LogP contribution is -2.13. The van der Waals surface area contributed by atoms with Crippen molar-refractivity contribution < 1.29 is 9.90 Å². The van der Waals surface area contributed by atoms with Crippen LogP contribution >= 0.6 is 11.8 Å². The molecule has 0 aliphatic heterocycles. The van der Waals surface area contributed by atoms with Crippen LogP contribution in [-0.2, 0) is 17.0 Å². The highest BCUT2D eigenvalue weighted by Gasteiger charge is 2.07. The molecule has 1 atom stereocenters. The normalized spacial score (nSPS) is 12.4. The van der Waals surface area contributed by atoms with E-state index >= 15 is 0 Å². The standard InChI is InChI=1S/C12H17NO2S/c1-9(7-13)16-8-11-5-3-2-4-10(11)6-12(14)15/h2-5,9H,6-8,13H2,1H3,(H,14,15). The molecule has 3 N–H and O–H groups in total. The number of hydrogen-bond donors (Lipinski definition) is 2. The molecule has 0 heterocycles. The van der Waals surface area contributed by atoms with Crippen molar-refractivity contribution in [1.82, 2.24) is 0 Å². The Morgan fingerprint density at radius 1 is 1.44 bits per heavy atom. The van der Waals surface area contributed by atoms with Gasteiger partial charge in [-0.2, -0.15) is 11.8 Å². The van der Waals surface area contributed by atoms with Crippen LogP contribution < -0.4 is 5.73 Å². The van der Waals surface area contributed by atoms with Gasteiger partial charge in [0.05, 0.1) is 6.42 Å². The van der Waals surface area contributed by atoms with Crippen molar-refractivity contribution in [2.24, 2.45) is 5.73 Å². The Morgan fingerprint density at radius 3 is 2.62 bits per heavy atom. The van der Waals surface area contributed by atoms with Gasteiger partial charge in [-0.1, -0.05) is 31.2 Å². The first-order chi connectivity index (χ1) is 7.63. The van der Waals surface area contributed by atoms with E-state index in [0.29, 0.717) is 11.8 Å². The van der Waals surface area contributed by atoms with Gasteiger partial charge in [-0.25, -0.2) is 0 Å². The molecular weight excluding hydrogens is 222 g/mol. The molecule has 0 fully saturated rings. The van der Waals surface area contributed by atoms with Crippen LogP contribution in [0.5, 0.6) is 0 Å². The van der Waals surface area contributed by atoms with Crippen LogP contribution in [0.25, 0.3) is 0 Å². The molecule has 0 bridgehead atoms. The van der Waals surface area contributed by atoms with E-state index < -0.39 is 5.97 Å². The lowest BCUT2D eigenvalue weighted by atomic mass is 10.1. The number of nitrogens with two attached hydrogens (primary N) is 1. The van der Waals surface area contributed by atoms with Gasteiger partial charge in [-0.15, -0.1) is 0 Å². The lowest BCUT2D eigenvalue weighted by Gasteiger charge is -2.10. The fraction of sp³-hybridized carbons (Fsp3) is 0.417. The number of carboxylic acid groups (broad SMARTS) is 1. The summed E-state index contributed by atoms with van der Waals surface area (Å²) in [7, 11) is 0.